The minimum Gasteiger partial charge on any atom is -0.481 e. The van der Waals surface area contributed by atoms with Gasteiger partial charge in [0.1, 0.15) is 4.88 Å². The second kappa shape index (κ2) is 5.68. The van der Waals surface area contributed by atoms with E-state index in [1.807, 2.05) is 0 Å². The number of carbonyl (C=O) groups excluding carboxylic acids is 1. The largest absolute Gasteiger partial charge is 0.481 e. The van der Waals surface area contributed by atoms with E-state index in [0.717, 1.165) is 11.3 Å². The molecule has 1 amide bonds. The summed E-state index contributed by atoms with van der Waals surface area (Å²) in [6.07, 6.45) is 0.116. The highest BCUT2D eigenvalue weighted by Gasteiger charge is 2.40. The van der Waals surface area contributed by atoms with Crippen molar-refractivity contribution in [2.45, 2.75) is 13.3 Å². The van der Waals surface area contributed by atoms with Crippen LogP contribution in [0, 0.1) is 18.8 Å². The van der Waals surface area contributed by atoms with Gasteiger partial charge in [-0.1, -0.05) is 11.3 Å². The number of carboxylic acids is 2. The smallest absolute Gasteiger partial charge is 0.309 e. The summed E-state index contributed by atoms with van der Waals surface area (Å²) >= 11 is 1.04. The fourth-order valence-electron chi connectivity index (χ4n) is 2.44. The molecule has 0 spiro atoms. The summed E-state index contributed by atoms with van der Waals surface area (Å²) < 4.78 is 0. The molecular formula is C12H15N3O5S. The van der Waals surface area contributed by atoms with Crippen LogP contribution < -0.4 is 5.73 Å². The number of anilines is 1. The number of hydrogen-bond donors (Lipinski definition) is 3. The zero-order valence-corrected chi connectivity index (χ0v) is 12.1. The fourth-order valence-corrected chi connectivity index (χ4v) is 3.24. The first-order valence-corrected chi connectivity index (χ1v) is 7.10. The minimum absolute atomic E-state index is 0.116. The van der Waals surface area contributed by atoms with Crippen molar-refractivity contribution in [2.24, 2.45) is 11.8 Å². The Morgan fingerprint density at radius 1 is 1.29 bits per heavy atom. The molecule has 0 aliphatic carbocycles. The molecule has 1 aliphatic rings. The Bertz CT molecular complexity index is 600. The van der Waals surface area contributed by atoms with E-state index in [-0.39, 0.29) is 30.5 Å². The normalized spacial score (nSPS) is 22.0. The Labute approximate surface area is 124 Å². The number of hydrogen-bond acceptors (Lipinski definition) is 6. The first-order valence-electron chi connectivity index (χ1n) is 6.29. The molecule has 1 fully saturated rings. The molecule has 8 nitrogen and oxygen atoms in total. The monoisotopic (exact) mass is 313 g/mol. The Morgan fingerprint density at radius 3 is 2.38 bits per heavy atom. The molecule has 2 unspecified atom stereocenters. The number of piperidine rings is 1. The number of nitrogens with zero attached hydrogens (tertiary/aromatic N) is 2. The van der Waals surface area contributed by atoms with E-state index in [0.29, 0.717) is 10.6 Å². The Hall–Kier alpha value is -2.16. The van der Waals surface area contributed by atoms with Crippen molar-refractivity contribution < 1.29 is 24.6 Å². The molecule has 1 aromatic rings. The average molecular weight is 313 g/mol. The third-order valence-electron chi connectivity index (χ3n) is 3.54. The second-order valence-electron chi connectivity index (χ2n) is 4.90. The van der Waals surface area contributed by atoms with E-state index in [2.05, 4.69) is 4.98 Å². The fraction of sp³-hybridized carbons (Fsp3) is 0.500. The maximum Gasteiger partial charge on any atom is 0.309 e. The van der Waals surface area contributed by atoms with Gasteiger partial charge in [-0.3, -0.25) is 14.4 Å². The molecule has 2 atom stereocenters. The lowest BCUT2D eigenvalue weighted by Crippen LogP contribution is -2.48. The van der Waals surface area contributed by atoms with E-state index in [9.17, 15) is 14.4 Å². The molecule has 0 saturated carbocycles. The first kappa shape index (κ1) is 15.2. The molecule has 1 aliphatic heterocycles. The standard InChI is InChI=1S/C12H15N3O5S/c1-5-8(21-12(13)14-5)9(16)15-3-2-6(10(17)18)7(4-15)11(19)20/h6-7H,2-4H2,1H3,(H2,13,14)(H,17,18)(H,19,20). The van der Waals surface area contributed by atoms with Crippen LogP contribution in [-0.4, -0.2) is 51.0 Å². The van der Waals surface area contributed by atoms with Crippen LogP contribution in [0.1, 0.15) is 21.8 Å². The van der Waals surface area contributed by atoms with Crippen molar-refractivity contribution in [1.82, 2.24) is 9.88 Å². The van der Waals surface area contributed by atoms with Gasteiger partial charge in [0.05, 0.1) is 17.5 Å². The lowest BCUT2D eigenvalue weighted by atomic mass is 9.85. The van der Waals surface area contributed by atoms with Crippen molar-refractivity contribution >= 4 is 34.3 Å². The molecule has 0 aromatic carbocycles. The van der Waals surface area contributed by atoms with E-state index < -0.39 is 23.8 Å². The summed E-state index contributed by atoms with van der Waals surface area (Å²) in [7, 11) is 0. The van der Waals surface area contributed by atoms with Crippen LogP contribution in [-0.2, 0) is 9.59 Å². The summed E-state index contributed by atoms with van der Waals surface area (Å²) in [5.41, 5.74) is 6.04. The number of amides is 1. The maximum atomic E-state index is 12.4. The predicted molar refractivity (Wildman–Crippen MR) is 74.0 cm³/mol. The summed E-state index contributed by atoms with van der Waals surface area (Å²) in [5, 5.41) is 18.5. The molecule has 21 heavy (non-hydrogen) atoms. The van der Waals surface area contributed by atoms with Gasteiger partial charge in [0.25, 0.3) is 5.91 Å². The molecule has 114 valence electrons. The molecule has 2 rings (SSSR count). The topological polar surface area (TPSA) is 134 Å². The number of aliphatic carboxylic acids is 2. The van der Waals surface area contributed by atoms with Gasteiger partial charge in [0.15, 0.2) is 5.13 Å². The predicted octanol–water partition coefficient (Wildman–Crippen LogP) is 0.281. The van der Waals surface area contributed by atoms with Gasteiger partial charge < -0.3 is 20.8 Å². The average Bonchev–Trinajstić information content (AvgIpc) is 2.76. The number of aryl methyl sites for hydroxylation is 1. The quantitative estimate of drug-likeness (QED) is 0.729. The summed E-state index contributed by atoms with van der Waals surface area (Å²) in [5.74, 6) is -4.78. The van der Waals surface area contributed by atoms with Crippen LogP contribution in [0.4, 0.5) is 5.13 Å². The van der Waals surface area contributed by atoms with Crippen molar-refractivity contribution in [3.63, 3.8) is 0 Å². The van der Waals surface area contributed by atoms with Crippen molar-refractivity contribution in [1.29, 1.82) is 0 Å². The lowest BCUT2D eigenvalue weighted by molar-refractivity contribution is -0.156. The van der Waals surface area contributed by atoms with Crippen LogP contribution in [0.2, 0.25) is 0 Å². The van der Waals surface area contributed by atoms with E-state index >= 15 is 0 Å². The number of carboxylic acid groups (broad SMARTS) is 2. The summed E-state index contributed by atoms with van der Waals surface area (Å²) in [6, 6.07) is 0. The zero-order chi connectivity index (χ0) is 15.7. The SMILES string of the molecule is Cc1nc(N)sc1C(=O)N1CCC(C(=O)O)C(C(=O)O)C1. The van der Waals surface area contributed by atoms with Crippen molar-refractivity contribution in [3.05, 3.63) is 10.6 Å². The van der Waals surface area contributed by atoms with Gasteiger partial charge in [0.2, 0.25) is 0 Å². The van der Waals surface area contributed by atoms with Crippen LogP contribution >= 0.6 is 11.3 Å². The first-order chi connectivity index (χ1) is 9.81. The summed E-state index contributed by atoms with van der Waals surface area (Å²) in [4.78, 5) is 40.4. The van der Waals surface area contributed by atoms with Gasteiger partial charge >= 0.3 is 11.9 Å². The van der Waals surface area contributed by atoms with Gasteiger partial charge in [0, 0.05) is 13.1 Å². The Morgan fingerprint density at radius 2 is 1.90 bits per heavy atom. The highest BCUT2D eigenvalue weighted by Crippen LogP contribution is 2.28. The third kappa shape index (κ3) is 2.97. The number of nitrogens with two attached hydrogens (primary N) is 1. The summed E-state index contributed by atoms with van der Waals surface area (Å²) in [6.45, 7) is 1.73. The molecule has 2 heterocycles. The number of likely N-dealkylation sites (tertiary alicyclic amines) is 1. The van der Waals surface area contributed by atoms with Gasteiger partial charge in [-0.25, -0.2) is 4.98 Å². The number of nitrogen functional groups attached to an aromatic ring is 1. The van der Waals surface area contributed by atoms with Crippen molar-refractivity contribution in [3.8, 4) is 0 Å². The van der Waals surface area contributed by atoms with E-state index in [1.54, 1.807) is 6.92 Å². The van der Waals surface area contributed by atoms with Crippen molar-refractivity contribution in [2.75, 3.05) is 18.8 Å². The second-order valence-corrected chi connectivity index (χ2v) is 5.93. The molecular weight excluding hydrogens is 298 g/mol. The molecule has 1 saturated heterocycles. The minimum atomic E-state index is -1.21. The van der Waals surface area contributed by atoms with E-state index in [4.69, 9.17) is 15.9 Å². The molecule has 4 N–H and O–H groups in total. The van der Waals surface area contributed by atoms with Crippen LogP contribution in [0.5, 0.6) is 0 Å². The van der Waals surface area contributed by atoms with Gasteiger partial charge in [-0.15, -0.1) is 0 Å². The molecule has 9 heteroatoms. The highest BCUT2D eigenvalue weighted by molar-refractivity contribution is 7.17. The third-order valence-corrected chi connectivity index (χ3v) is 4.52. The number of aromatic nitrogens is 1. The Kier molecular flexibility index (Phi) is 4.12. The Balaban J connectivity index is 2.19. The zero-order valence-electron chi connectivity index (χ0n) is 11.3. The number of rotatable bonds is 3. The highest BCUT2D eigenvalue weighted by atomic mass is 32.1. The van der Waals surface area contributed by atoms with Gasteiger partial charge in [-0.05, 0) is 13.3 Å². The van der Waals surface area contributed by atoms with Crippen LogP contribution in [0.15, 0.2) is 0 Å². The molecule has 0 bridgehead atoms. The maximum absolute atomic E-state index is 12.4. The number of carbonyl (C=O) groups is 3. The lowest BCUT2D eigenvalue weighted by Gasteiger charge is -2.34. The van der Waals surface area contributed by atoms with E-state index in [1.165, 1.54) is 4.90 Å². The van der Waals surface area contributed by atoms with Gasteiger partial charge in [-0.2, -0.15) is 0 Å². The molecule has 0 radical (unpaired) electrons. The molecule has 1 aromatic heterocycles. The van der Waals surface area contributed by atoms with Crippen LogP contribution in [0.25, 0.3) is 0 Å². The number of thiazole rings is 1. The van der Waals surface area contributed by atoms with Crippen LogP contribution in [0.3, 0.4) is 0 Å².